The van der Waals surface area contributed by atoms with Crippen molar-refractivity contribution in [2.45, 2.75) is 49.4 Å². The van der Waals surface area contributed by atoms with E-state index in [0.29, 0.717) is 10.8 Å². The van der Waals surface area contributed by atoms with Crippen LogP contribution >= 0.6 is 0 Å². The molecule has 4 unspecified atom stereocenters. The maximum Gasteiger partial charge on any atom is 0.0477 e. The number of hydrogen-bond acceptors (Lipinski definition) is 1. The Hall–Kier alpha value is -0.850. The average Bonchev–Trinajstić information content (AvgIpc) is 3.43. The molecule has 1 aromatic rings. The standard InChI is InChI=1S/C19H21N/c1-4-10-16-11(5-1)18(10,16)14-8-3-9-15(20-14)19-12-6-2-7-13(19)17(12)19/h3,8-13,16-17H,1-2,4-7H2. The van der Waals surface area contributed by atoms with Gasteiger partial charge in [-0.3, -0.25) is 4.98 Å². The summed E-state index contributed by atoms with van der Waals surface area (Å²) in [6.45, 7) is 0. The topological polar surface area (TPSA) is 12.9 Å². The molecule has 6 aliphatic rings. The van der Waals surface area contributed by atoms with Crippen molar-refractivity contribution in [3.05, 3.63) is 29.6 Å². The van der Waals surface area contributed by atoms with Crippen LogP contribution in [-0.2, 0) is 10.8 Å². The quantitative estimate of drug-likeness (QED) is 0.793. The first kappa shape index (κ1) is 9.97. The summed E-state index contributed by atoms with van der Waals surface area (Å²) < 4.78 is 0. The summed E-state index contributed by atoms with van der Waals surface area (Å²) in [6.07, 6.45) is 8.95. The summed E-state index contributed by atoms with van der Waals surface area (Å²) in [4.78, 5) is 5.29. The van der Waals surface area contributed by atoms with Crippen LogP contribution in [0.1, 0.15) is 49.9 Å². The van der Waals surface area contributed by atoms with Crippen LogP contribution in [0.4, 0.5) is 0 Å². The molecule has 102 valence electrons. The maximum absolute atomic E-state index is 5.29. The van der Waals surface area contributed by atoms with E-state index < -0.39 is 0 Å². The molecule has 1 heteroatoms. The third-order valence-electron chi connectivity index (χ3n) is 8.55. The summed E-state index contributed by atoms with van der Waals surface area (Å²) in [5.41, 5.74) is 4.25. The predicted molar refractivity (Wildman–Crippen MR) is 76.2 cm³/mol. The lowest BCUT2D eigenvalue weighted by molar-refractivity contribution is 0.305. The predicted octanol–water partition coefficient (Wildman–Crippen LogP) is 3.68. The van der Waals surface area contributed by atoms with Crippen molar-refractivity contribution < 1.29 is 0 Å². The molecule has 20 heavy (non-hydrogen) atoms. The molecule has 7 rings (SSSR count). The summed E-state index contributed by atoms with van der Waals surface area (Å²) >= 11 is 0. The van der Waals surface area contributed by atoms with Gasteiger partial charge in [-0.2, -0.15) is 0 Å². The van der Waals surface area contributed by atoms with Crippen molar-refractivity contribution >= 4 is 0 Å². The van der Waals surface area contributed by atoms with E-state index in [0.717, 1.165) is 35.5 Å². The summed E-state index contributed by atoms with van der Waals surface area (Å²) in [6, 6.07) is 7.08. The monoisotopic (exact) mass is 263 g/mol. The highest BCUT2D eigenvalue weighted by Gasteiger charge is 2.89. The highest BCUT2D eigenvalue weighted by Crippen LogP contribution is 2.90. The fourth-order valence-corrected chi connectivity index (χ4v) is 7.73. The zero-order chi connectivity index (χ0) is 12.7. The summed E-state index contributed by atoms with van der Waals surface area (Å²) in [7, 11) is 0. The van der Waals surface area contributed by atoms with Gasteiger partial charge in [-0.05, 0) is 73.3 Å². The van der Waals surface area contributed by atoms with E-state index in [1.807, 2.05) is 0 Å². The number of rotatable bonds is 2. The largest absolute Gasteiger partial charge is 0.257 e. The van der Waals surface area contributed by atoms with Crippen LogP contribution in [0.5, 0.6) is 0 Å². The van der Waals surface area contributed by atoms with Gasteiger partial charge in [0, 0.05) is 22.2 Å². The van der Waals surface area contributed by atoms with Gasteiger partial charge in [0.25, 0.3) is 0 Å². The van der Waals surface area contributed by atoms with E-state index in [1.165, 1.54) is 49.9 Å². The molecule has 0 N–H and O–H groups in total. The molecule has 0 aromatic carbocycles. The van der Waals surface area contributed by atoms with Crippen molar-refractivity contribution in [2.75, 3.05) is 0 Å². The van der Waals surface area contributed by atoms with Gasteiger partial charge in [-0.15, -0.1) is 0 Å². The van der Waals surface area contributed by atoms with Gasteiger partial charge in [0.2, 0.25) is 0 Å². The molecule has 6 aliphatic carbocycles. The van der Waals surface area contributed by atoms with E-state index in [1.54, 1.807) is 0 Å². The number of pyridine rings is 1. The molecular formula is C19H21N. The van der Waals surface area contributed by atoms with Crippen molar-refractivity contribution in [1.82, 2.24) is 4.98 Å². The van der Waals surface area contributed by atoms with Gasteiger partial charge < -0.3 is 0 Å². The fourth-order valence-electron chi connectivity index (χ4n) is 7.73. The lowest BCUT2D eigenvalue weighted by Gasteiger charge is -2.27. The van der Waals surface area contributed by atoms with Crippen molar-refractivity contribution in [1.29, 1.82) is 0 Å². The second-order valence-electron chi connectivity index (χ2n) is 8.61. The van der Waals surface area contributed by atoms with E-state index in [9.17, 15) is 0 Å². The normalized spacial score (nSPS) is 62.2. The molecule has 0 radical (unpaired) electrons. The van der Waals surface area contributed by atoms with Crippen molar-refractivity contribution in [2.24, 2.45) is 35.5 Å². The fraction of sp³-hybridized carbons (Fsp3) is 0.737. The zero-order valence-electron chi connectivity index (χ0n) is 11.9. The number of aromatic nitrogens is 1. The molecule has 6 fully saturated rings. The molecular weight excluding hydrogens is 242 g/mol. The zero-order valence-corrected chi connectivity index (χ0v) is 11.9. The van der Waals surface area contributed by atoms with Crippen molar-refractivity contribution in [3.63, 3.8) is 0 Å². The van der Waals surface area contributed by atoms with E-state index >= 15 is 0 Å². The molecule has 1 nitrogen and oxygen atoms in total. The lowest BCUT2D eigenvalue weighted by atomic mass is 9.80. The number of hydrogen-bond donors (Lipinski definition) is 0. The Morgan fingerprint density at radius 2 is 1.20 bits per heavy atom. The highest BCUT2D eigenvalue weighted by atomic mass is 15.0. The SMILES string of the molecule is c1cc(C23C4CCCC2C43)nc(C23C4CCCC2C43)c1. The minimum Gasteiger partial charge on any atom is -0.257 e. The third kappa shape index (κ3) is 0.752. The minimum absolute atomic E-state index is 0.610. The highest BCUT2D eigenvalue weighted by molar-refractivity contribution is 5.52. The maximum atomic E-state index is 5.29. The van der Waals surface area contributed by atoms with E-state index in [2.05, 4.69) is 18.2 Å². The second-order valence-corrected chi connectivity index (χ2v) is 8.61. The second kappa shape index (κ2) is 2.62. The lowest BCUT2D eigenvalue weighted by Crippen LogP contribution is -2.22. The summed E-state index contributed by atoms with van der Waals surface area (Å²) in [5, 5.41) is 0. The van der Waals surface area contributed by atoms with Gasteiger partial charge in [-0.1, -0.05) is 18.9 Å². The van der Waals surface area contributed by atoms with E-state index in [4.69, 9.17) is 4.98 Å². The molecule has 4 atom stereocenters. The Labute approximate surface area is 120 Å². The Bertz CT molecular complexity index is 565. The first-order valence-electron chi connectivity index (χ1n) is 8.89. The van der Waals surface area contributed by atoms with Crippen LogP contribution in [0, 0.1) is 35.5 Å². The van der Waals surface area contributed by atoms with Crippen LogP contribution in [-0.4, -0.2) is 4.98 Å². The summed E-state index contributed by atoms with van der Waals surface area (Å²) in [5.74, 6) is 6.27. The minimum atomic E-state index is 0.610. The van der Waals surface area contributed by atoms with Crippen LogP contribution in [0.3, 0.4) is 0 Å². The van der Waals surface area contributed by atoms with Crippen molar-refractivity contribution in [3.8, 4) is 0 Å². The molecule has 0 amide bonds. The van der Waals surface area contributed by atoms with Crippen LogP contribution in [0.15, 0.2) is 18.2 Å². The van der Waals surface area contributed by atoms with Gasteiger partial charge >= 0.3 is 0 Å². The third-order valence-corrected chi connectivity index (χ3v) is 8.55. The molecule has 0 saturated heterocycles. The Balaban J connectivity index is 1.31. The molecule has 0 aliphatic heterocycles. The Kier molecular flexibility index (Phi) is 1.31. The number of nitrogens with zero attached hydrogens (tertiary/aromatic N) is 1. The van der Waals surface area contributed by atoms with Crippen LogP contribution < -0.4 is 0 Å². The van der Waals surface area contributed by atoms with Gasteiger partial charge in [0.1, 0.15) is 0 Å². The van der Waals surface area contributed by atoms with E-state index in [-0.39, 0.29) is 0 Å². The first-order chi connectivity index (χ1) is 9.91. The van der Waals surface area contributed by atoms with Gasteiger partial charge in [-0.25, -0.2) is 0 Å². The van der Waals surface area contributed by atoms with Gasteiger partial charge in [0.15, 0.2) is 0 Å². The Morgan fingerprint density at radius 1 is 0.750 bits per heavy atom. The molecule has 0 bridgehead atoms. The van der Waals surface area contributed by atoms with Crippen LogP contribution in [0.25, 0.3) is 0 Å². The van der Waals surface area contributed by atoms with Crippen LogP contribution in [0.2, 0.25) is 0 Å². The van der Waals surface area contributed by atoms with Gasteiger partial charge in [0.05, 0.1) is 0 Å². The Morgan fingerprint density at radius 3 is 1.60 bits per heavy atom. The average molecular weight is 263 g/mol. The molecule has 6 saturated carbocycles. The molecule has 1 aromatic heterocycles. The molecule has 0 spiro atoms. The first-order valence-corrected chi connectivity index (χ1v) is 8.89. The smallest absolute Gasteiger partial charge is 0.0477 e. The number of fused-ring (bicyclic) bond motifs is 4. The molecule has 1 heterocycles.